The predicted octanol–water partition coefficient (Wildman–Crippen LogP) is 3.89. The zero-order chi connectivity index (χ0) is 15.9. The van der Waals surface area contributed by atoms with Gasteiger partial charge in [-0.1, -0.05) is 47.2 Å². The van der Waals surface area contributed by atoms with Crippen LogP contribution in [-0.4, -0.2) is 18.1 Å². The molecule has 0 N–H and O–H groups in total. The molecule has 3 nitrogen and oxygen atoms in total. The first-order valence-corrected chi connectivity index (χ1v) is 7.33. The third kappa shape index (κ3) is 5.07. The maximum Gasteiger partial charge on any atom is 0.305 e. The number of halogens is 2. The molecular formula is C17H13Cl2NO2. The zero-order valence-corrected chi connectivity index (χ0v) is 13.4. The molecule has 1 aromatic heterocycles. The van der Waals surface area contributed by atoms with Gasteiger partial charge >= 0.3 is 5.97 Å². The molecule has 22 heavy (non-hydrogen) atoms. The Labute approximate surface area is 139 Å². The summed E-state index contributed by atoms with van der Waals surface area (Å²) < 4.78 is 4.61. The summed E-state index contributed by atoms with van der Waals surface area (Å²) in [6, 6.07) is 11.0. The Morgan fingerprint density at radius 2 is 1.68 bits per heavy atom. The van der Waals surface area contributed by atoms with E-state index >= 15 is 0 Å². The molecule has 0 aliphatic rings. The summed E-state index contributed by atoms with van der Waals surface area (Å²) in [5.41, 5.74) is 2.64. The second-order valence-electron chi connectivity index (χ2n) is 4.52. The van der Waals surface area contributed by atoms with Crippen LogP contribution in [0.4, 0.5) is 0 Å². The lowest BCUT2D eigenvalue weighted by Crippen LogP contribution is -2.01. The molecule has 0 fully saturated rings. The molecule has 0 radical (unpaired) electrons. The second kappa shape index (κ2) is 7.84. The Morgan fingerprint density at radius 1 is 1.09 bits per heavy atom. The summed E-state index contributed by atoms with van der Waals surface area (Å²) in [4.78, 5) is 15.0. The van der Waals surface area contributed by atoms with Gasteiger partial charge in [-0.15, -0.1) is 0 Å². The Balaban J connectivity index is 2.05. The predicted molar refractivity (Wildman–Crippen MR) is 87.0 cm³/mol. The van der Waals surface area contributed by atoms with E-state index in [1.54, 1.807) is 12.1 Å². The largest absolute Gasteiger partial charge is 0.469 e. The van der Waals surface area contributed by atoms with E-state index in [1.807, 2.05) is 24.3 Å². The summed E-state index contributed by atoms with van der Waals surface area (Å²) in [5.74, 6) is 5.81. The summed E-state index contributed by atoms with van der Waals surface area (Å²) in [7, 11) is 1.39. The normalized spacial score (nSPS) is 9.77. The van der Waals surface area contributed by atoms with Crippen LogP contribution in [0.2, 0.25) is 10.3 Å². The Kier molecular flexibility index (Phi) is 5.83. The number of rotatable bonds is 3. The van der Waals surface area contributed by atoms with Gasteiger partial charge < -0.3 is 4.74 Å². The number of nitrogens with zero attached hydrogens (tertiary/aromatic N) is 1. The van der Waals surface area contributed by atoms with E-state index in [-0.39, 0.29) is 5.97 Å². The highest BCUT2D eigenvalue weighted by molar-refractivity contribution is 6.32. The number of aryl methyl sites for hydroxylation is 1. The summed E-state index contributed by atoms with van der Waals surface area (Å²) in [6.07, 6.45) is 1.02. The molecule has 0 unspecified atom stereocenters. The lowest BCUT2D eigenvalue weighted by Gasteiger charge is -2.00. The average Bonchev–Trinajstić information content (AvgIpc) is 2.50. The third-order valence-electron chi connectivity index (χ3n) is 2.91. The molecule has 2 aromatic rings. The number of benzene rings is 1. The van der Waals surface area contributed by atoms with Gasteiger partial charge in [0.2, 0.25) is 0 Å². The maximum absolute atomic E-state index is 11.1. The first-order chi connectivity index (χ1) is 10.6. The van der Waals surface area contributed by atoms with Crippen LogP contribution in [0.3, 0.4) is 0 Å². The van der Waals surface area contributed by atoms with Gasteiger partial charge in [-0.2, -0.15) is 0 Å². The van der Waals surface area contributed by atoms with Crippen molar-refractivity contribution in [2.45, 2.75) is 12.8 Å². The van der Waals surface area contributed by atoms with Crippen molar-refractivity contribution < 1.29 is 9.53 Å². The van der Waals surface area contributed by atoms with Crippen LogP contribution in [-0.2, 0) is 16.0 Å². The van der Waals surface area contributed by atoms with E-state index < -0.39 is 0 Å². The molecule has 0 bridgehead atoms. The first kappa shape index (κ1) is 16.4. The van der Waals surface area contributed by atoms with Gasteiger partial charge in [0.1, 0.15) is 10.3 Å². The van der Waals surface area contributed by atoms with Crippen molar-refractivity contribution in [1.29, 1.82) is 0 Å². The van der Waals surface area contributed by atoms with Crippen molar-refractivity contribution >= 4 is 29.2 Å². The molecule has 0 saturated carbocycles. The van der Waals surface area contributed by atoms with Crippen LogP contribution in [0.25, 0.3) is 0 Å². The average molecular weight is 334 g/mol. The van der Waals surface area contributed by atoms with Crippen molar-refractivity contribution in [2.24, 2.45) is 0 Å². The molecule has 1 heterocycles. The summed E-state index contributed by atoms with van der Waals surface area (Å²) in [6.45, 7) is 0. The fraction of sp³-hybridized carbons (Fsp3) is 0.176. The molecule has 0 saturated heterocycles. The monoisotopic (exact) mass is 333 g/mol. The minimum Gasteiger partial charge on any atom is -0.469 e. The number of hydrogen-bond donors (Lipinski definition) is 0. The van der Waals surface area contributed by atoms with Crippen LogP contribution < -0.4 is 0 Å². The molecule has 0 amide bonds. The van der Waals surface area contributed by atoms with E-state index in [0.717, 1.165) is 11.1 Å². The van der Waals surface area contributed by atoms with Crippen LogP contribution >= 0.6 is 23.2 Å². The van der Waals surface area contributed by atoms with Gasteiger partial charge in [0, 0.05) is 17.5 Å². The molecule has 5 heteroatoms. The standard InChI is InChI=1S/C17H13Cl2NO2/c1-22-17(21)9-8-13-4-2-12(3-5-13)6-7-14-10-15(18)20-16(19)11-14/h2-5,10-11H,8-9H2,1H3. The Morgan fingerprint density at radius 3 is 2.27 bits per heavy atom. The Bertz CT molecular complexity index is 710. The van der Waals surface area contributed by atoms with Crippen LogP contribution in [0, 0.1) is 11.8 Å². The van der Waals surface area contributed by atoms with Crippen molar-refractivity contribution in [3.05, 3.63) is 63.4 Å². The van der Waals surface area contributed by atoms with Crippen molar-refractivity contribution in [1.82, 2.24) is 4.98 Å². The smallest absolute Gasteiger partial charge is 0.305 e. The summed E-state index contributed by atoms with van der Waals surface area (Å²) in [5, 5.41) is 0.630. The van der Waals surface area contributed by atoms with E-state index in [4.69, 9.17) is 23.2 Å². The lowest BCUT2D eigenvalue weighted by molar-refractivity contribution is -0.140. The van der Waals surface area contributed by atoms with Gasteiger partial charge in [0.25, 0.3) is 0 Å². The maximum atomic E-state index is 11.1. The van der Waals surface area contributed by atoms with Gasteiger partial charge in [0.15, 0.2) is 0 Å². The number of carbonyl (C=O) groups is 1. The highest BCUT2D eigenvalue weighted by atomic mass is 35.5. The highest BCUT2D eigenvalue weighted by Gasteiger charge is 2.01. The van der Waals surface area contributed by atoms with Crippen molar-refractivity contribution in [3.8, 4) is 11.8 Å². The number of carbonyl (C=O) groups excluding carboxylic acids is 1. The number of hydrogen-bond acceptors (Lipinski definition) is 3. The summed E-state index contributed by atoms with van der Waals surface area (Å²) >= 11 is 11.6. The van der Waals surface area contributed by atoms with Gasteiger partial charge in [-0.3, -0.25) is 4.79 Å². The number of methoxy groups -OCH3 is 1. The number of aromatic nitrogens is 1. The number of esters is 1. The van der Waals surface area contributed by atoms with Gasteiger partial charge in [-0.05, 0) is 36.2 Å². The highest BCUT2D eigenvalue weighted by Crippen LogP contribution is 2.14. The number of pyridine rings is 1. The molecule has 0 aliphatic carbocycles. The fourth-order valence-corrected chi connectivity index (χ4v) is 2.25. The second-order valence-corrected chi connectivity index (χ2v) is 5.30. The van der Waals surface area contributed by atoms with Gasteiger partial charge in [0.05, 0.1) is 7.11 Å². The topological polar surface area (TPSA) is 39.2 Å². The molecular weight excluding hydrogens is 321 g/mol. The van der Waals surface area contributed by atoms with Crippen molar-refractivity contribution in [2.75, 3.05) is 7.11 Å². The van der Waals surface area contributed by atoms with E-state index in [2.05, 4.69) is 21.6 Å². The van der Waals surface area contributed by atoms with Crippen LogP contribution in [0.1, 0.15) is 23.1 Å². The van der Waals surface area contributed by atoms with Crippen LogP contribution in [0.5, 0.6) is 0 Å². The van der Waals surface area contributed by atoms with Crippen LogP contribution in [0.15, 0.2) is 36.4 Å². The molecule has 2 rings (SSSR count). The van der Waals surface area contributed by atoms with E-state index in [0.29, 0.717) is 28.7 Å². The molecule has 0 atom stereocenters. The number of ether oxygens (including phenoxy) is 1. The Hall–Kier alpha value is -2.02. The minimum absolute atomic E-state index is 0.213. The van der Waals surface area contributed by atoms with E-state index in [1.165, 1.54) is 7.11 Å². The van der Waals surface area contributed by atoms with E-state index in [9.17, 15) is 4.79 Å². The third-order valence-corrected chi connectivity index (χ3v) is 3.30. The quantitative estimate of drug-likeness (QED) is 0.486. The zero-order valence-electron chi connectivity index (χ0n) is 11.9. The minimum atomic E-state index is -0.213. The van der Waals surface area contributed by atoms with Crippen molar-refractivity contribution in [3.63, 3.8) is 0 Å². The first-order valence-electron chi connectivity index (χ1n) is 6.57. The molecule has 0 aliphatic heterocycles. The lowest BCUT2D eigenvalue weighted by atomic mass is 10.1. The SMILES string of the molecule is COC(=O)CCc1ccc(C#Cc2cc(Cl)nc(Cl)c2)cc1. The van der Waals surface area contributed by atoms with Gasteiger partial charge in [-0.25, -0.2) is 4.98 Å². The fourth-order valence-electron chi connectivity index (χ4n) is 1.78. The molecule has 0 spiro atoms. The molecule has 1 aromatic carbocycles. The molecule has 112 valence electrons.